The number of hydrogen-bond donors (Lipinski definition) is 1. The number of H-pyrrole nitrogens is 1. The lowest BCUT2D eigenvalue weighted by atomic mass is 10.2. The van der Waals surface area contributed by atoms with Gasteiger partial charge in [0.25, 0.3) is 5.56 Å². The Labute approximate surface area is 190 Å². The van der Waals surface area contributed by atoms with Crippen LogP contribution in [-0.2, 0) is 22.6 Å². The second kappa shape index (κ2) is 10.3. The molecule has 0 aliphatic carbocycles. The maximum atomic E-state index is 12.7. The van der Waals surface area contributed by atoms with Crippen LogP contribution in [0.5, 0.6) is 0 Å². The Hall–Kier alpha value is -2.66. The molecule has 3 aromatic heterocycles. The van der Waals surface area contributed by atoms with E-state index in [1.54, 1.807) is 14.0 Å². The molecule has 170 valence electrons. The van der Waals surface area contributed by atoms with Gasteiger partial charge in [-0.25, -0.2) is 9.78 Å². The van der Waals surface area contributed by atoms with Crippen molar-refractivity contribution in [1.82, 2.24) is 24.8 Å². The van der Waals surface area contributed by atoms with E-state index < -0.39 is 5.97 Å². The normalized spacial score (nSPS) is 15.3. The lowest BCUT2D eigenvalue weighted by Gasteiger charge is -2.34. The third-order valence-electron chi connectivity index (χ3n) is 5.51. The molecule has 3 aromatic rings. The molecule has 1 N–H and O–H groups in total. The van der Waals surface area contributed by atoms with Crippen LogP contribution in [0.15, 0.2) is 29.2 Å². The lowest BCUT2D eigenvalue weighted by molar-refractivity contribution is 0.0393. The monoisotopic (exact) mass is 457 g/mol. The average Bonchev–Trinajstić information content (AvgIpc) is 3.13. The molecule has 0 atom stereocenters. The predicted molar refractivity (Wildman–Crippen MR) is 122 cm³/mol. The van der Waals surface area contributed by atoms with E-state index in [1.807, 2.05) is 24.4 Å². The van der Waals surface area contributed by atoms with Crippen molar-refractivity contribution in [2.24, 2.45) is 0 Å². The maximum absolute atomic E-state index is 12.7. The van der Waals surface area contributed by atoms with E-state index in [9.17, 15) is 9.59 Å². The molecule has 0 aromatic carbocycles. The summed E-state index contributed by atoms with van der Waals surface area (Å²) in [5.74, 6) is 0.161. The van der Waals surface area contributed by atoms with Crippen LogP contribution in [0, 0.1) is 6.92 Å². The molecule has 9 nitrogen and oxygen atoms in total. The fourth-order valence-corrected chi connectivity index (χ4v) is 4.87. The van der Waals surface area contributed by atoms with Gasteiger partial charge in [0.05, 0.1) is 24.2 Å². The molecule has 0 saturated carbocycles. The Morgan fingerprint density at radius 3 is 2.59 bits per heavy atom. The quantitative estimate of drug-likeness (QED) is 0.404. The summed E-state index contributed by atoms with van der Waals surface area (Å²) in [4.78, 5) is 42.6. The first-order chi connectivity index (χ1) is 15.5. The molecule has 32 heavy (non-hydrogen) atoms. The third-order valence-corrected chi connectivity index (χ3v) is 6.67. The zero-order valence-corrected chi connectivity index (χ0v) is 19.1. The fourth-order valence-electron chi connectivity index (χ4n) is 3.78. The number of ether oxygens (including phenoxy) is 2. The Morgan fingerprint density at radius 1 is 1.16 bits per heavy atom. The van der Waals surface area contributed by atoms with Crippen molar-refractivity contribution in [3.8, 4) is 0 Å². The number of fused-ring (bicyclic) bond motifs is 1. The van der Waals surface area contributed by atoms with Gasteiger partial charge in [0.15, 0.2) is 0 Å². The Morgan fingerprint density at radius 2 is 1.91 bits per heavy atom. The predicted octanol–water partition coefficient (Wildman–Crippen LogP) is 1.81. The SMILES string of the molecule is COCCOC(=O)c1sc2nc(CN3CCN(Cc4ccccn4)CC3)[nH]c(=O)c2c1C. The van der Waals surface area contributed by atoms with E-state index in [4.69, 9.17) is 9.47 Å². The van der Waals surface area contributed by atoms with Crippen LogP contribution in [0.1, 0.15) is 26.8 Å². The fraction of sp³-hybridized carbons (Fsp3) is 0.455. The number of carbonyl (C=O) groups excluding carboxylic acids is 1. The highest BCUT2D eigenvalue weighted by molar-refractivity contribution is 7.20. The molecule has 4 rings (SSSR count). The standard InChI is InChI=1S/C22H27N5O4S/c1-15-18-20(28)24-17(25-21(18)32-19(15)22(29)31-12-11-30-2)14-27-9-7-26(8-10-27)13-16-5-3-4-6-23-16/h3-6H,7-14H2,1-2H3,(H,24,25,28). The molecular weight excluding hydrogens is 430 g/mol. The number of methoxy groups -OCH3 is 1. The van der Waals surface area contributed by atoms with Gasteiger partial charge in [0, 0.05) is 46.0 Å². The van der Waals surface area contributed by atoms with Crippen LogP contribution in [0.2, 0.25) is 0 Å². The zero-order valence-electron chi connectivity index (χ0n) is 18.3. The van der Waals surface area contributed by atoms with Crippen LogP contribution in [-0.4, -0.2) is 77.2 Å². The van der Waals surface area contributed by atoms with Crippen molar-refractivity contribution >= 4 is 27.5 Å². The number of rotatable bonds is 8. The molecule has 1 saturated heterocycles. The topological polar surface area (TPSA) is 101 Å². The number of carbonyl (C=O) groups is 1. The van der Waals surface area contributed by atoms with Gasteiger partial charge < -0.3 is 14.5 Å². The van der Waals surface area contributed by atoms with E-state index in [0.717, 1.165) is 38.4 Å². The summed E-state index contributed by atoms with van der Waals surface area (Å²) < 4.78 is 10.1. The van der Waals surface area contributed by atoms with Gasteiger partial charge in [-0.3, -0.25) is 19.6 Å². The van der Waals surface area contributed by atoms with Crippen LogP contribution < -0.4 is 5.56 Å². The molecule has 0 radical (unpaired) electrons. The number of piperazine rings is 1. The molecular formula is C22H27N5O4S. The second-order valence-electron chi connectivity index (χ2n) is 7.75. The number of aromatic nitrogens is 3. The number of aromatic amines is 1. The third kappa shape index (κ3) is 5.21. The highest BCUT2D eigenvalue weighted by atomic mass is 32.1. The Bertz CT molecular complexity index is 1120. The molecule has 4 heterocycles. The highest BCUT2D eigenvalue weighted by Crippen LogP contribution is 2.27. The van der Waals surface area contributed by atoms with E-state index in [1.165, 1.54) is 11.3 Å². The smallest absolute Gasteiger partial charge is 0.348 e. The van der Waals surface area contributed by atoms with Crippen molar-refractivity contribution in [2.45, 2.75) is 20.0 Å². The molecule has 0 spiro atoms. The van der Waals surface area contributed by atoms with Gasteiger partial charge >= 0.3 is 5.97 Å². The first-order valence-corrected chi connectivity index (χ1v) is 11.4. The van der Waals surface area contributed by atoms with Gasteiger partial charge in [-0.15, -0.1) is 11.3 Å². The number of nitrogens with zero attached hydrogens (tertiary/aromatic N) is 4. The number of pyridine rings is 1. The van der Waals surface area contributed by atoms with E-state index in [2.05, 4.69) is 24.8 Å². The summed E-state index contributed by atoms with van der Waals surface area (Å²) >= 11 is 1.20. The van der Waals surface area contributed by atoms with Gasteiger partial charge in [0.1, 0.15) is 22.1 Å². The lowest BCUT2D eigenvalue weighted by Crippen LogP contribution is -2.45. The molecule has 10 heteroatoms. The first kappa shape index (κ1) is 22.5. The Balaban J connectivity index is 1.41. The maximum Gasteiger partial charge on any atom is 0.348 e. The van der Waals surface area contributed by atoms with E-state index >= 15 is 0 Å². The summed E-state index contributed by atoms with van der Waals surface area (Å²) in [5.41, 5.74) is 1.46. The van der Waals surface area contributed by atoms with Crippen molar-refractivity contribution < 1.29 is 14.3 Å². The van der Waals surface area contributed by atoms with Gasteiger partial charge in [-0.2, -0.15) is 0 Å². The minimum atomic E-state index is -0.451. The van der Waals surface area contributed by atoms with Crippen molar-refractivity contribution in [2.75, 3.05) is 46.5 Å². The minimum Gasteiger partial charge on any atom is -0.459 e. The minimum absolute atomic E-state index is 0.171. The Kier molecular flexibility index (Phi) is 7.26. The molecule has 1 aliphatic rings. The zero-order chi connectivity index (χ0) is 22.5. The summed E-state index contributed by atoms with van der Waals surface area (Å²) in [6.07, 6.45) is 1.82. The van der Waals surface area contributed by atoms with Crippen LogP contribution in [0.3, 0.4) is 0 Å². The average molecular weight is 458 g/mol. The van der Waals surface area contributed by atoms with Gasteiger partial charge in [-0.1, -0.05) is 6.07 Å². The van der Waals surface area contributed by atoms with Gasteiger partial charge in [-0.05, 0) is 24.6 Å². The van der Waals surface area contributed by atoms with E-state index in [-0.39, 0.29) is 12.2 Å². The number of thiophene rings is 1. The van der Waals surface area contributed by atoms with Gasteiger partial charge in [0.2, 0.25) is 0 Å². The first-order valence-electron chi connectivity index (χ1n) is 10.6. The molecule has 1 fully saturated rings. The number of nitrogens with one attached hydrogen (secondary N) is 1. The largest absolute Gasteiger partial charge is 0.459 e. The second-order valence-corrected chi connectivity index (χ2v) is 8.75. The van der Waals surface area contributed by atoms with E-state index in [0.29, 0.717) is 39.6 Å². The summed E-state index contributed by atoms with van der Waals surface area (Å²) in [6, 6.07) is 5.98. The molecule has 1 aliphatic heterocycles. The summed E-state index contributed by atoms with van der Waals surface area (Å²) in [7, 11) is 1.55. The molecule has 0 amide bonds. The summed E-state index contributed by atoms with van der Waals surface area (Å²) in [6.45, 7) is 7.28. The molecule has 0 bridgehead atoms. The van der Waals surface area contributed by atoms with Crippen LogP contribution in [0.4, 0.5) is 0 Å². The van der Waals surface area contributed by atoms with Crippen molar-refractivity contribution in [3.05, 3.63) is 56.7 Å². The van der Waals surface area contributed by atoms with Crippen LogP contribution in [0.25, 0.3) is 10.2 Å². The highest BCUT2D eigenvalue weighted by Gasteiger charge is 2.22. The summed E-state index contributed by atoms with van der Waals surface area (Å²) in [5, 5.41) is 0.456. The van der Waals surface area contributed by atoms with Crippen molar-refractivity contribution in [3.63, 3.8) is 0 Å². The number of esters is 1. The number of hydrogen-bond acceptors (Lipinski definition) is 9. The number of aryl methyl sites for hydroxylation is 1. The molecule has 0 unspecified atom stereocenters. The van der Waals surface area contributed by atoms with Crippen LogP contribution >= 0.6 is 11.3 Å². The van der Waals surface area contributed by atoms with Crippen molar-refractivity contribution in [1.29, 1.82) is 0 Å².